The predicted molar refractivity (Wildman–Crippen MR) is 52.9 cm³/mol. The number of alkyl halides is 2. The molecule has 0 unspecified atom stereocenters. The fourth-order valence-corrected chi connectivity index (χ4v) is 0.725. The van der Waals surface area contributed by atoms with Gasteiger partial charge in [0.25, 0.3) is 0 Å². The molecular weight excluding hydrogens is 206 g/mol. The van der Waals surface area contributed by atoms with Crippen LogP contribution in [0.2, 0.25) is 0 Å². The van der Waals surface area contributed by atoms with Crippen LogP contribution in [0, 0.1) is 0 Å². The first-order chi connectivity index (χ1) is 7.10. The first kappa shape index (κ1) is 19.2. The first-order valence-corrected chi connectivity index (χ1v) is 4.41. The fourth-order valence-electron chi connectivity index (χ4n) is 0.725. The molecule has 4 nitrogen and oxygen atoms in total. The Bertz CT molecular complexity index is 163. The first-order valence-electron chi connectivity index (χ1n) is 4.41. The molecular formula is C9H14F2N2O2-2. The molecule has 0 aliphatic rings. The third-order valence-electron chi connectivity index (χ3n) is 1.28. The molecule has 0 aliphatic heterocycles. The van der Waals surface area contributed by atoms with Gasteiger partial charge in [-0.2, -0.15) is 0 Å². The highest BCUT2D eigenvalue weighted by atomic mass is 19.3. The van der Waals surface area contributed by atoms with Gasteiger partial charge in [0, 0.05) is 6.42 Å². The highest BCUT2D eigenvalue weighted by Crippen LogP contribution is 2.07. The molecule has 0 bridgehead atoms. The Labute approximate surface area is 87.7 Å². The van der Waals surface area contributed by atoms with Crippen LogP contribution in [-0.4, -0.2) is 18.6 Å². The van der Waals surface area contributed by atoms with Gasteiger partial charge in [0.05, 0.1) is 0 Å². The zero-order valence-electron chi connectivity index (χ0n) is 8.58. The van der Waals surface area contributed by atoms with E-state index in [1.807, 2.05) is 0 Å². The summed E-state index contributed by atoms with van der Waals surface area (Å²) in [7, 11) is 0. The van der Waals surface area contributed by atoms with Crippen LogP contribution in [0.5, 0.6) is 0 Å². The molecule has 0 aromatic heterocycles. The average Bonchev–Trinajstić information content (AvgIpc) is 2.15. The summed E-state index contributed by atoms with van der Waals surface area (Å²) in [5, 5.41) is 13.5. The number of rotatable bonds is 5. The molecule has 0 saturated carbocycles. The van der Waals surface area contributed by atoms with E-state index < -0.39 is 6.43 Å². The highest BCUT2D eigenvalue weighted by Gasteiger charge is 1.99. The van der Waals surface area contributed by atoms with Gasteiger partial charge in [0.1, 0.15) is 0 Å². The lowest BCUT2D eigenvalue weighted by Gasteiger charge is -1.96. The number of hydrogen-bond acceptors (Lipinski definition) is 2. The van der Waals surface area contributed by atoms with Gasteiger partial charge >= 0.3 is 0 Å². The second-order valence-electron chi connectivity index (χ2n) is 2.42. The molecule has 0 aromatic carbocycles. The van der Waals surface area contributed by atoms with Crippen LogP contribution in [0.15, 0.2) is 0 Å². The second kappa shape index (κ2) is 22.9. The summed E-state index contributed by atoms with van der Waals surface area (Å²) in [6.45, 7) is 2.07. The Morgan fingerprint density at radius 1 is 1.07 bits per heavy atom. The number of halogens is 2. The lowest BCUT2D eigenvalue weighted by atomic mass is 10.2. The Kier molecular flexibility index (Phi) is 29.4. The Morgan fingerprint density at radius 2 is 1.47 bits per heavy atom. The lowest BCUT2D eigenvalue weighted by Crippen LogP contribution is -1.88. The summed E-state index contributed by atoms with van der Waals surface area (Å²) in [5.74, 6) is 0. The van der Waals surface area contributed by atoms with Gasteiger partial charge in [-0.25, -0.2) is 8.78 Å². The van der Waals surface area contributed by atoms with E-state index in [-0.39, 0.29) is 6.42 Å². The average molecular weight is 220 g/mol. The highest BCUT2D eigenvalue weighted by molar-refractivity contribution is 5.37. The summed E-state index contributed by atoms with van der Waals surface area (Å²) in [6.07, 6.45) is 2.84. The van der Waals surface area contributed by atoms with Gasteiger partial charge in [-0.05, 0) is 18.6 Å². The summed E-state index contributed by atoms with van der Waals surface area (Å²) in [4.78, 5) is 16.5. The van der Waals surface area contributed by atoms with Crippen LogP contribution in [0.3, 0.4) is 0 Å². The molecule has 0 rings (SSSR count). The van der Waals surface area contributed by atoms with E-state index in [0.717, 1.165) is 19.3 Å². The Balaban J connectivity index is -0.000000200. The smallest absolute Gasteiger partial charge is 0.238 e. The number of unbranched alkanes of at least 4 members (excludes halogenated alkanes) is 3. The maximum atomic E-state index is 11.5. The molecule has 0 N–H and O–H groups in total. The zero-order valence-corrected chi connectivity index (χ0v) is 8.58. The molecule has 15 heavy (non-hydrogen) atoms. The summed E-state index contributed by atoms with van der Waals surface area (Å²) >= 11 is 0. The van der Waals surface area contributed by atoms with Crippen molar-refractivity contribution >= 4 is 12.2 Å². The van der Waals surface area contributed by atoms with Crippen molar-refractivity contribution in [3.8, 4) is 0 Å². The van der Waals surface area contributed by atoms with Crippen LogP contribution in [0.1, 0.15) is 39.0 Å². The molecule has 0 fully saturated rings. The van der Waals surface area contributed by atoms with Gasteiger partial charge in [-0.1, -0.05) is 26.2 Å². The van der Waals surface area contributed by atoms with Gasteiger partial charge < -0.3 is 10.8 Å². The Morgan fingerprint density at radius 3 is 1.73 bits per heavy atom. The van der Waals surface area contributed by atoms with Crippen molar-refractivity contribution in [1.82, 2.24) is 0 Å². The van der Waals surface area contributed by atoms with Crippen molar-refractivity contribution < 1.29 is 18.4 Å². The summed E-state index contributed by atoms with van der Waals surface area (Å²) in [5.41, 5.74) is 0. The number of nitrogens with zero attached hydrogens (tertiary/aromatic N) is 2. The van der Waals surface area contributed by atoms with Crippen LogP contribution >= 0.6 is 0 Å². The number of carbonyl (C=O) groups excluding carboxylic acids is 2. The van der Waals surface area contributed by atoms with Gasteiger partial charge in [0.15, 0.2) is 0 Å². The van der Waals surface area contributed by atoms with Crippen molar-refractivity contribution in [2.45, 2.75) is 45.5 Å². The van der Waals surface area contributed by atoms with Crippen LogP contribution < -0.4 is 0 Å². The molecule has 0 spiro atoms. The van der Waals surface area contributed by atoms with E-state index >= 15 is 0 Å². The lowest BCUT2D eigenvalue weighted by molar-refractivity contribution is 0.134. The normalized spacial score (nSPS) is 7.47. The van der Waals surface area contributed by atoms with Crippen molar-refractivity contribution in [2.24, 2.45) is 0 Å². The van der Waals surface area contributed by atoms with E-state index in [1.165, 1.54) is 0 Å². The topological polar surface area (TPSA) is 78.7 Å². The van der Waals surface area contributed by atoms with Gasteiger partial charge in [-0.15, -0.1) is 0 Å². The maximum Gasteiger partial charge on any atom is 0.238 e. The van der Waals surface area contributed by atoms with E-state index in [1.54, 1.807) is 0 Å². The van der Waals surface area contributed by atoms with E-state index in [9.17, 15) is 8.78 Å². The van der Waals surface area contributed by atoms with Crippen molar-refractivity contribution in [2.75, 3.05) is 0 Å². The third kappa shape index (κ3) is 66.7. The van der Waals surface area contributed by atoms with Crippen molar-refractivity contribution in [3.63, 3.8) is 0 Å². The van der Waals surface area contributed by atoms with Crippen molar-refractivity contribution in [3.05, 3.63) is 10.8 Å². The molecule has 0 heterocycles. The van der Waals surface area contributed by atoms with Crippen molar-refractivity contribution in [1.29, 1.82) is 0 Å². The molecule has 0 aromatic rings. The van der Waals surface area contributed by atoms with Crippen LogP contribution in [0.25, 0.3) is 10.8 Å². The van der Waals surface area contributed by atoms with E-state index in [4.69, 9.17) is 20.4 Å². The minimum absolute atomic E-state index is 0.0833. The SMILES string of the molecule is CCCCCCC(F)F.[N-]=C=O.[N-]=C=O. The molecule has 6 heteroatoms. The maximum absolute atomic E-state index is 11.5. The fraction of sp³-hybridized carbons (Fsp3) is 0.778. The second-order valence-corrected chi connectivity index (χ2v) is 2.42. The number of hydrogen-bond donors (Lipinski definition) is 0. The predicted octanol–water partition coefficient (Wildman–Crippen LogP) is 3.01. The standard InChI is InChI=1S/C7H14F2.2CNO/c1-2-3-4-5-6-7(8)9;2*2-1-3/h7H,2-6H2,1H3;;/q;2*-1. The zero-order chi connectivity index (χ0) is 12.5. The molecule has 0 atom stereocenters. The largest absolute Gasteiger partial charge is 0.724 e. The molecule has 0 radical (unpaired) electrons. The van der Waals surface area contributed by atoms with Crippen LogP contribution in [-0.2, 0) is 9.59 Å². The molecule has 88 valence electrons. The summed E-state index contributed by atoms with van der Waals surface area (Å²) < 4.78 is 22.9. The third-order valence-corrected chi connectivity index (χ3v) is 1.28. The minimum atomic E-state index is -2.10. The summed E-state index contributed by atoms with van der Waals surface area (Å²) in [6, 6.07) is 0. The van der Waals surface area contributed by atoms with E-state index in [2.05, 4.69) is 6.92 Å². The van der Waals surface area contributed by atoms with Crippen LogP contribution in [0.4, 0.5) is 8.78 Å². The minimum Gasteiger partial charge on any atom is -0.724 e. The molecule has 0 amide bonds. The quantitative estimate of drug-likeness (QED) is 0.405. The number of isocyanates is 2. The molecule has 0 aliphatic carbocycles. The van der Waals surface area contributed by atoms with E-state index in [0.29, 0.717) is 18.6 Å². The van der Waals surface area contributed by atoms with Gasteiger partial charge in [0.2, 0.25) is 6.43 Å². The monoisotopic (exact) mass is 220 g/mol. The van der Waals surface area contributed by atoms with Gasteiger partial charge in [-0.3, -0.25) is 9.59 Å². The molecule has 0 saturated heterocycles. The Hall–Kier alpha value is -1.38.